The average molecular weight is 303 g/mol. The number of carbonyl (C=O) groups is 1. The Morgan fingerprint density at radius 3 is 2.76 bits per heavy atom. The van der Waals surface area contributed by atoms with Gasteiger partial charge in [-0.3, -0.25) is 4.79 Å². The molecular formula is C16H12ClFN2O. The van der Waals surface area contributed by atoms with Gasteiger partial charge >= 0.3 is 0 Å². The summed E-state index contributed by atoms with van der Waals surface area (Å²) in [6.45, 7) is 0. The van der Waals surface area contributed by atoms with Gasteiger partial charge < -0.3 is 0 Å². The van der Waals surface area contributed by atoms with Gasteiger partial charge in [0.25, 0.3) is 5.91 Å². The third-order valence-electron chi connectivity index (χ3n) is 2.59. The fourth-order valence-corrected chi connectivity index (χ4v) is 1.79. The zero-order valence-corrected chi connectivity index (χ0v) is 11.7. The number of hydrazone groups is 1. The molecule has 2 rings (SSSR count). The van der Waals surface area contributed by atoms with Crippen molar-refractivity contribution in [2.24, 2.45) is 5.10 Å². The molecule has 0 radical (unpaired) electrons. The van der Waals surface area contributed by atoms with Crippen LogP contribution < -0.4 is 5.43 Å². The molecule has 0 atom stereocenters. The number of halogens is 2. The summed E-state index contributed by atoms with van der Waals surface area (Å²) in [4.78, 5) is 11.6. The molecule has 0 aliphatic heterocycles. The van der Waals surface area contributed by atoms with Crippen LogP contribution in [0.1, 0.15) is 15.9 Å². The first-order valence-electron chi connectivity index (χ1n) is 6.17. The van der Waals surface area contributed by atoms with E-state index in [0.29, 0.717) is 5.02 Å². The zero-order chi connectivity index (χ0) is 15.1. The molecule has 0 saturated carbocycles. The highest BCUT2D eigenvalue weighted by molar-refractivity contribution is 6.32. The van der Waals surface area contributed by atoms with E-state index in [1.165, 1.54) is 24.4 Å². The number of rotatable bonds is 4. The van der Waals surface area contributed by atoms with Crippen LogP contribution in [0.2, 0.25) is 5.02 Å². The number of allylic oxidation sites excluding steroid dienone is 1. The van der Waals surface area contributed by atoms with Crippen molar-refractivity contribution in [3.63, 3.8) is 0 Å². The minimum atomic E-state index is -0.475. The molecule has 2 aromatic carbocycles. The Bertz CT molecular complexity index is 698. The minimum absolute atomic E-state index is 0.210. The third-order valence-corrected chi connectivity index (χ3v) is 2.94. The number of nitrogens with one attached hydrogen (secondary N) is 1. The Morgan fingerprint density at radius 1 is 1.19 bits per heavy atom. The minimum Gasteiger partial charge on any atom is -0.267 e. The van der Waals surface area contributed by atoms with Crippen LogP contribution in [0.5, 0.6) is 0 Å². The van der Waals surface area contributed by atoms with E-state index in [1.54, 1.807) is 18.2 Å². The smallest absolute Gasteiger partial charge is 0.267 e. The summed E-state index contributed by atoms with van der Waals surface area (Å²) in [6.07, 6.45) is 4.83. The van der Waals surface area contributed by atoms with Crippen molar-refractivity contribution in [3.8, 4) is 0 Å². The van der Waals surface area contributed by atoms with Crippen LogP contribution in [0, 0.1) is 5.82 Å². The predicted octanol–water partition coefficient (Wildman–Crippen LogP) is 3.91. The molecule has 0 spiro atoms. The Labute approximate surface area is 126 Å². The van der Waals surface area contributed by atoms with Crippen LogP contribution in [-0.2, 0) is 0 Å². The fourth-order valence-electron chi connectivity index (χ4n) is 1.59. The second kappa shape index (κ2) is 7.36. The van der Waals surface area contributed by atoms with Gasteiger partial charge in [0.05, 0.1) is 0 Å². The molecule has 0 aliphatic rings. The van der Waals surface area contributed by atoms with Crippen LogP contribution in [-0.4, -0.2) is 12.1 Å². The summed E-state index contributed by atoms with van der Waals surface area (Å²) >= 11 is 5.98. The lowest BCUT2D eigenvalue weighted by Crippen LogP contribution is -2.17. The highest BCUT2D eigenvalue weighted by Crippen LogP contribution is 2.15. The SMILES string of the molecule is O=C(NN=CC=Cc1ccccc1Cl)c1cccc(F)c1. The summed E-state index contributed by atoms with van der Waals surface area (Å²) in [5.74, 6) is -0.942. The van der Waals surface area contributed by atoms with Crippen LogP contribution in [0.25, 0.3) is 6.08 Å². The zero-order valence-electron chi connectivity index (χ0n) is 11.0. The lowest BCUT2D eigenvalue weighted by molar-refractivity contribution is 0.0954. The van der Waals surface area contributed by atoms with Gasteiger partial charge in [0.1, 0.15) is 5.82 Å². The van der Waals surface area contributed by atoms with Gasteiger partial charge in [-0.1, -0.05) is 41.9 Å². The molecule has 0 unspecified atom stereocenters. The van der Waals surface area contributed by atoms with Crippen molar-refractivity contribution in [3.05, 3.63) is 76.6 Å². The quantitative estimate of drug-likeness (QED) is 0.675. The van der Waals surface area contributed by atoms with Crippen molar-refractivity contribution < 1.29 is 9.18 Å². The number of carbonyl (C=O) groups excluding carboxylic acids is 1. The summed E-state index contributed by atoms with van der Waals surface area (Å²) in [6, 6.07) is 12.7. The summed E-state index contributed by atoms with van der Waals surface area (Å²) in [5.41, 5.74) is 3.37. The molecule has 1 amide bonds. The maximum absolute atomic E-state index is 13.0. The predicted molar refractivity (Wildman–Crippen MR) is 82.8 cm³/mol. The number of benzene rings is 2. The first-order chi connectivity index (χ1) is 10.2. The van der Waals surface area contributed by atoms with Crippen molar-refractivity contribution in [2.75, 3.05) is 0 Å². The first kappa shape index (κ1) is 14.9. The number of hydrogen-bond acceptors (Lipinski definition) is 2. The Balaban J connectivity index is 1.91. The van der Waals surface area contributed by atoms with Gasteiger partial charge in [0.15, 0.2) is 0 Å². The maximum Gasteiger partial charge on any atom is 0.271 e. The van der Waals surface area contributed by atoms with E-state index < -0.39 is 11.7 Å². The molecule has 106 valence electrons. The number of nitrogens with zero attached hydrogens (tertiary/aromatic N) is 1. The Morgan fingerprint density at radius 2 is 2.00 bits per heavy atom. The van der Waals surface area contributed by atoms with Crippen LogP contribution in [0.4, 0.5) is 4.39 Å². The van der Waals surface area contributed by atoms with Crippen LogP contribution in [0.15, 0.2) is 59.7 Å². The van der Waals surface area contributed by atoms with E-state index in [-0.39, 0.29) is 5.56 Å². The Kier molecular flexibility index (Phi) is 5.23. The molecule has 21 heavy (non-hydrogen) atoms. The average Bonchev–Trinajstić information content (AvgIpc) is 2.48. The molecule has 1 N–H and O–H groups in total. The second-order valence-electron chi connectivity index (χ2n) is 4.11. The third kappa shape index (κ3) is 4.54. The van der Waals surface area contributed by atoms with Crippen molar-refractivity contribution in [2.45, 2.75) is 0 Å². The van der Waals surface area contributed by atoms with Gasteiger partial charge in [0, 0.05) is 16.8 Å². The lowest BCUT2D eigenvalue weighted by atomic mass is 10.2. The van der Waals surface area contributed by atoms with E-state index in [4.69, 9.17) is 11.6 Å². The van der Waals surface area contributed by atoms with Gasteiger partial charge in [-0.15, -0.1) is 0 Å². The van der Waals surface area contributed by atoms with Gasteiger partial charge in [-0.05, 0) is 35.9 Å². The first-order valence-corrected chi connectivity index (χ1v) is 6.55. The molecule has 0 aliphatic carbocycles. The lowest BCUT2D eigenvalue weighted by Gasteiger charge is -1.98. The topological polar surface area (TPSA) is 41.5 Å². The molecule has 5 heteroatoms. The standard InChI is InChI=1S/C16H12ClFN2O/c17-15-9-2-1-5-12(15)7-4-10-19-20-16(21)13-6-3-8-14(18)11-13/h1-11H,(H,20,21). The summed E-state index contributed by atoms with van der Waals surface area (Å²) < 4.78 is 13.0. The van der Waals surface area contributed by atoms with E-state index in [9.17, 15) is 9.18 Å². The van der Waals surface area contributed by atoms with E-state index in [2.05, 4.69) is 10.5 Å². The van der Waals surface area contributed by atoms with E-state index in [0.717, 1.165) is 11.6 Å². The van der Waals surface area contributed by atoms with Gasteiger partial charge in [0.2, 0.25) is 0 Å². The normalized spacial score (nSPS) is 11.1. The van der Waals surface area contributed by atoms with Crippen LogP contribution in [0.3, 0.4) is 0 Å². The second-order valence-corrected chi connectivity index (χ2v) is 4.52. The van der Waals surface area contributed by atoms with Crippen molar-refractivity contribution >= 4 is 29.8 Å². The monoisotopic (exact) mass is 302 g/mol. The largest absolute Gasteiger partial charge is 0.271 e. The summed E-state index contributed by atoms with van der Waals surface area (Å²) in [7, 11) is 0. The molecule has 0 bridgehead atoms. The molecule has 0 heterocycles. The molecule has 0 aromatic heterocycles. The molecular weight excluding hydrogens is 291 g/mol. The van der Waals surface area contributed by atoms with Crippen LogP contribution >= 0.6 is 11.6 Å². The summed E-state index contributed by atoms with van der Waals surface area (Å²) in [5, 5.41) is 4.38. The number of amides is 1. The number of hydrogen-bond donors (Lipinski definition) is 1. The van der Waals surface area contributed by atoms with E-state index >= 15 is 0 Å². The maximum atomic E-state index is 13.0. The van der Waals surface area contributed by atoms with Crippen molar-refractivity contribution in [1.82, 2.24) is 5.43 Å². The highest BCUT2D eigenvalue weighted by atomic mass is 35.5. The molecule has 0 fully saturated rings. The van der Waals surface area contributed by atoms with Gasteiger partial charge in [-0.2, -0.15) is 5.10 Å². The molecule has 2 aromatic rings. The molecule has 0 saturated heterocycles. The Hall–Kier alpha value is -2.46. The van der Waals surface area contributed by atoms with Gasteiger partial charge in [-0.25, -0.2) is 9.82 Å². The van der Waals surface area contributed by atoms with E-state index in [1.807, 2.05) is 18.2 Å². The fraction of sp³-hybridized carbons (Fsp3) is 0. The molecule has 3 nitrogen and oxygen atoms in total. The van der Waals surface area contributed by atoms with Crippen molar-refractivity contribution in [1.29, 1.82) is 0 Å². The highest BCUT2D eigenvalue weighted by Gasteiger charge is 2.03.